The van der Waals surface area contributed by atoms with Crippen LogP contribution in [0.2, 0.25) is 0 Å². The summed E-state index contributed by atoms with van der Waals surface area (Å²) < 4.78 is 32.8. The molecule has 4 heterocycles. The van der Waals surface area contributed by atoms with Crippen LogP contribution in [0.4, 0.5) is 14.5 Å². The van der Waals surface area contributed by atoms with Gasteiger partial charge in [-0.3, -0.25) is 9.59 Å². The highest BCUT2D eigenvalue weighted by Gasteiger charge is 2.51. The fraction of sp³-hybridized carbons (Fsp3) is 0.654. The number of fused-ring (bicyclic) bond motifs is 1. The summed E-state index contributed by atoms with van der Waals surface area (Å²) in [6.45, 7) is 3.66. The van der Waals surface area contributed by atoms with Crippen molar-refractivity contribution in [1.29, 1.82) is 5.26 Å². The second-order valence-electron chi connectivity index (χ2n) is 10.6. The maximum atomic E-state index is 13.5. The molecular weight excluding hydrogens is 482 g/mol. The lowest BCUT2D eigenvalue weighted by molar-refractivity contribution is -0.128. The second kappa shape index (κ2) is 10.5. The van der Waals surface area contributed by atoms with Gasteiger partial charge in [0.1, 0.15) is 6.17 Å². The van der Waals surface area contributed by atoms with Crippen LogP contribution in [0.1, 0.15) is 48.0 Å². The molecule has 0 radical (unpaired) electrons. The molecule has 4 saturated heterocycles. The van der Waals surface area contributed by atoms with Gasteiger partial charge in [-0.15, -0.1) is 0 Å². The van der Waals surface area contributed by atoms with E-state index in [0.29, 0.717) is 31.7 Å². The summed E-state index contributed by atoms with van der Waals surface area (Å²) in [6, 6.07) is 7.63. The van der Waals surface area contributed by atoms with Gasteiger partial charge in [-0.05, 0) is 49.4 Å². The number of halogens is 2. The van der Waals surface area contributed by atoms with Crippen LogP contribution in [-0.4, -0.2) is 78.7 Å². The van der Waals surface area contributed by atoms with E-state index in [9.17, 15) is 23.6 Å². The molecule has 0 aromatic heterocycles. The number of hydrogen-bond donors (Lipinski definition) is 3. The zero-order valence-corrected chi connectivity index (χ0v) is 21.0. The van der Waals surface area contributed by atoms with Crippen LogP contribution in [0.25, 0.3) is 0 Å². The minimum atomic E-state index is -2.70. The molecule has 4 aliphatic heterocycles. The SMILES string of the molecule is Cc1cc(NC2NN(C3COCC[C@@H]3CC#N)C3CCNC(=O)C23)ccc1C(=O)N1CCC(F)(F)CC1. The van der Waals surface area contributed by atoms with E-state index in [2.05, 4.69) is 27.1 Å². The van der Waals surface area contributed by atoms with Crippen molar-refractivity contribution in [3.8, 4) is 6.07 Å². The quantitative estimate of drug-likeness (QED) is 0.551. The predicted octanol–water partition coefficient (Wildman–Crippen LogP) is 2.25. The van der Waals surface area contributed by atoms with Crippen molar-refractivity contribution < 1.29 is 23.1 Å². The molecule has 1 aromatic carbocycles. The minimum absolute atomic E-state index is 0.00254. The number of carbonyl (C=O) groups is 2. The number of piperidine rings is 2. The molecule has 0 aliphatic carbocycles. The van der Waals surface area contributed by atoms with E-state index in [4.69, 9.17) is 4.74 Å². The van der Waals surface area contributed by atoms with Gasteiger partial charge in [-0.25, -0.2) is 19.2 Å². The first-order valence-corrected chi connectivity index (χ1v) is 13.1. The standard InChI is InChI=1S/C26H34F2N6O3/c1-16-14-18(2-3-19(16)25(36)33-11-7-26(27,28)8-12-33)31-23-22-20(5-10-30-24(22)35)34(32-23)21-15-37-13-6-17(21)4-9-29/h2-3,14,17,20-23,31-32H,4-8,10-13,15H2,1H3,(H,30,35)/t17-,20?,21?,22?,23?/m0/s1. The second-order valence-corrected chi connectivity index (χ2v) is 10.6. The number of amides is 2. The Morgan fingerprint density at radius 3 is 2.78 bits per heavy atom. The molecule has 200 valence electrons. The molecule has 3 N–H and O–H groups in total. The van der Waals surface area contributed by atoms with Crippen LogP contribution in [0.3, 0.4) is 0 Å². The van der Waals surface area contributed by atoms with E-state index in [0.717, 1.165) is 24.1 Å². The van der Waals surface area contributed by atoms with Gasteiger partial charge in [0.2, 0.25) is 5.91 Å². The molecule has 4 aliphatic rings. The Hall–Kier alpha value is -2.81. The van der Waals surface area contributed by atoms with Crippen LogP contribution in [0.15, 0.2) is 18.2 Å². The lowest BCUT2D eigenvalue weighted by Gasteiger charge is -2.40. The third-order valence-corrected chi connectivity index (χ3v) is 8.20. The third-order valence-electron chi connectivity index (χ3n) is 8.20. The summed E-state index contributed by atoms with van der Waals surface area (Å²) >= 11 is 0. The first kappa shape index (κ1) is 25.8. The van der Waals surface area contributed by atoms with Crippen molar-refractivity contribution >= 4 is 17.5 Å². The van der Waals surface area contributed by atoms with Crippen molar-refractivity contribution in [3.63, 3.8) is 0 Å². The van der Waals surface area contributed by atoms with Crippen molar-refractivity contribution in [2.24, 2.45) is 11.8 Å². The number of nitrogens with zero attached hydrogens (tertiary/aromatic N) is 3. The molecule has 4 fully saturated rings. The molecule has 1 aromatic rings. The molecule has 11 heteroatoms. The first-order valence-electron chi connectivity index (χ1n) is 13.1. The van der Waals surface area contributed by atoms with E-state index in [1.54, 1.807) is 12.1 Å². The van der Waals surface area contributed by atoms with Crippen molar-refractivity contribution in [2.45, 2.75) is 63.2 Å². The van der Waals surface area contributed by atoms with Crippen LogP contribution in [0.5, 0.6) is 0 Å². The van der Waals surface area contributed by atoms with Crippen LogP contribution >= 0.6 is 0 Å². The summed E-state index contributed by atoms with van der Waals surface area (Å²) in [6.07, 6.45) is 1.04. The number of aryl methyl sites for hydroxylation is 1. The number of benzene rings is 1. The monoisotopic (exact) mass is 516 g/mol. The Balaban J connectivity index is 1.31. The van der Waals surface area contributed by atoms with Crippen LogP contribution < -0.4 is 16.1 Å². The van der Waals surface area contributed by atoms with Crippen molar-refractivity contribution in [2.75, 3.05) is 38.2 Å². The predicted molar refractivity (Wildman–Crippen MR) is 131 cm³/mol. The zero-order valence-electron chi connectivity index (χ0n) is 21.0. The van der Waals surface area contributed by atoms with Gasteiger partial charge in [0, 0.05) is 62.8 Å². The molecule has 4 unspecified atom stereocenters. The number of hydrogen-bond acceptors (Lipinski definition) is 7. The summed E-state index contributed by atoms with van der Waals surface area (Å²) in [5.74, 6) is -3.14. The lowest BCUT2D eigenvalue weighted by atomic mass is 9.87. The Labute approximate surface area is 215 Å². The number of hydrazine groups is 1. The smallest absolute Gasteiger partial charge is 0.254 e. The van der Waals surface area contributed by atoms with Crippen molar-refractivity contribution in [3.05, 3.63) is 29.3 Å². The average Bonchev–Trinajstić information content (AvgIpc) is 3.23. The highest BCUT2D eigenvalue weighted by Crippen LogP contribution is 2.35. The van der Waals surface area contributed by atoms with Gasteiger partial charge in [-0.2, -0.15) is 5.26 Å². The molecule has 0 bridgehead atoms. The minimum Gasteiger partial charge on any atom is -0.380 e. The summed E-state index contributed by atoms with van der Waals surface area (Å²) in [5.41, 5.74) is 5.49. The number of alkyl halides is 2. The summed E-state index contributed by atoms with van der Waals surface area (Å²) in [7, 11) is 0. The normalized spacial score (nSPS) is 31.8. The van der Waals surface area contributed by atoms with Crippen LogP contribution in [-0.2, 0) is 9.53 Å². The van der Waals surface area contributed by atoms with Gasteiger partial charge < -0.3 is 20.3 Å². The molecule has 0 saturated carbocycles. The molecule has 37 heavy (non-hydrogen) atoms. The Bertz CT molecular complexity index is 1070. The maximum Gasteiger partial charge on any atom is 0.254 e. The Morgan fingerprint density at radius 1 is 1.27 bits per heavy atom. The van der Waals surface area contributed by atoms with E-state index in [-0.39, 0.29) is 67.8 Å². The zero-order chi connectivity index (χ0) is 26.2. The molecule has 2 amide bonds. The van der Waals surface area contributed by atoms with Gasteiger partial charge in [0.05, 0.1) is 24.6 Å². The van der Waals surface area contributed by atoms with E-state index in [1.165, 1.54) is 4.90 Å². The molecular formula is C26H34F2N6O3. The van der Waals surface area contributed by atoms with Crippen LogP contribution in [0, 0.1) is 30.1 Å². The summed E-state index contributed by atoms with van der Waals surface area (Å²) in [4.78, 5) is 27.4. The number of ether oxygens (including phenoxy) is 1. The first-order chi connectivity index (χ1) is 17.8. The van der Waals surface area contributed by atoms with Gasteiger partial charge >= 0.3 is 0 Å². The Morgan fingerprint density at radius 2 is 2.05 bits per heavy atom. The number of nitrogens with one attached hydrogen (secondary N) is 3. The molecule has 9 nitrogen and oxygen atoms in total. The number of carbonyl (C=O) groups excluding carboxylic acids is 2. The Kier molecular flexibility index (Phi) is 7.34. The van der Waals surface area contributed by atoms with E-state index < -0.39 is 5.92 Å². The fourth-order valence-electron chi connectivity index (χ4n) is 6.11. The number of rotatable bonds is 5. The fourth-order valence-corrected chi connectivity index (χ4v) is 6.11. The maximum absolute atomic E-state index is 13.5. The van der Waals surface area contributed by atoms with E-state index in [1.807, 2.05) is 13.0 Å². The van der Waals surface area contributed by atoms with Gasteiger partial charge in [0.25, 0.3) is 11.8 Å². The topological polar surface area (TPSA) is 110 Å². The third kappa shape index (κ3) is 5.28. The van der Waals surface area contributed by atoms with Gasteiger partial charge in [-0.1, -0.05) is 0 Å². The number of likely N-dealkylation sites (tertiary alicyclic amines) is 1. The lowest BCUT2D eigenvalue weighted by Crippen LogP contribution is -2.56. The summed E-state index contributed by atoms with van der Waals surface area (Å²) in [5, 5.41) is 17.9. The highest BCUT2D eigenvalue weighted by atomic mass is 19.3. The number of anilines is 1. The van der Waals surface area contributed by atoms with Crippen molar-refractivity contribution in [1.82, 2.24) is 20.7 Å². The molecule has 5 atom stereocenters. The van der Waals surface area contributed by atoms with E-state index >= 15 is 0 Å². The largest absolute Gasteiger partial charge is 0.380 e. The molecule has 0 spiro atoms. The highest BCUT2D eigenvalue weighted by molar-refractivity contribution is 5.96. The van der Waals surface area contributed by atoms with Gasteiger partial charge in [0.15, 0.2) is 0 Å². The number of nitriles is 1. The average molecular weight is 517 g/mol. The molecule has 5 rings (SSSR count).